The minimum atomic E-state index is 0.136. The summed E-state index contributed by atoms with van der Waals surface area (Å²) < 4.78 is 0. The van der Waals surface area contributed by atoms with E-state index in [1.165, 1.54) is 25.7 Å². The van der Waals surface area contributed by atoms with Gasteiger partial charge >= 0.3 is 0 Å². The first-order valence-corrected chi connectivity index (χ1v) is 4.76. The smallest absolute Gasteiger partial charge is 0.177 e. The van der Waals surface area contributed by atoms with Crippen LogP contribution in [0.5, 0.6) is 0 Å². The molecule has 0 aromatic rings. The number of hydrogen-bond donors (Lipinski definition) is 0. The van der Waals surface area contributed by atoms with Gasteiger partial charge in [0, 0.05) is 0 Å². The Morgan fingerprint density at radius 2 is 1.33 bits per heavy atom. The molecule has 0 aromatic carbocycles. The van der Waals surface area contributed by atoms with Crippen molar-refractivity contribution in [1.82, 2.24) is 0 Å². The van der Waals surface area contributed by atoms with Gasteiger partial charge in [-0.05, 0) is 37.8 Å². The molecule has 1 nitrogen and oxygen atoms in total. The Labute approximate surface area is 74.2 Å². The number of ketones is 1. The number of carbonyl (C=O) groups is 1. The highest BCUT2D eigenvalue weighted by Crippen LogP contribution is 2.07. The van der Waals surface area contributed by atoms with Crippen LogP contribution < -0.4 is 0 Å². The summed E-state index contributed by atoms with van der Waals surface area (Å²) in [6, 6.07) is 0. The van der Waals surface area contributed by atoms with E-state index in [1.807, 2.05) is 12.2 Å². The Morgan fingerprint density at radius 1 is 0.833 bits per heavy atom. The summed E-state index contributed by atoms with van der Waals surface area (Å²) in [6.45, 7) is 0. The molecule has 0 N–H and O–H groups in total. The summed E-state index contributed by atoms with van der Waals surface area (Å²) in [6.07, 6.45) is 14.5. The third-order valence-electron chi connectivity index (χ3n) is 2.06. The van der Waals surface area contributed by atoms with Crippen molar-refractivity contribution in [3.05, 3.63) is 24.3 Å². The van der Waals surface area contributed by atoms with E-state index in [0.717, 1.165) is 12.8 Å². The van der Waals surface area contributed by atoms with Gasteiger partial charge in [-0.2, -0.15) is 0 Å². The molecular weight excluding hydrogens is 148 g/mol. The highest BCUT2D eigenvalue weighted by molar-refractivity contribution is 5.99. The Morgan fingerprint density at radius 3 is 1.83 bits per heavy atom. The predicted molar refractivity (Wildman–Crippen MR) is 51.0 cm³/mol. The average molecular weight is 164 g/mol. The zero-order chi connectivity index (χ0) is 8.65. The normalized spacial score (nSPS) is 20.5. The highest BCUT2D eigenvalue weighted by atomic mass is 16.1. The molecule has 0 spiro atoms. The molecule has 12 heavy (non-hydrogen) atoms. The lowest BCUT2D eigenvalue weighted by atomic mass is 10.1. The second kappa shape index (κ2) is 5.76. The molecule has 1 heteroatoms. The third kappa shape index (κ3) is 4.12. The van der Waals surface area contributed by atoms with Gasteiger partial charge in [0.05, 0.1) is 0 Å². The SMILES string of the molecule is O=C1C=CCCCCCCC=C1. The van der Waals surface area contributed by atoms with Gasteiger partial charge in [0.15, 0.2) is 5.78 Å². The van der Waals surface area contributed by atoms with Crippen LogP contribution in [0.25, 0.3) is 0 Å². The van der Waals surface area contributed by atoms with Crippen LogP contribution in [-0.2, 0) is 4.79 Å². The molecule has 0 amide bonds. The molecule has 0 heterocycles. The molecule has 0 bridgehead atoms. The lowest BCUT2D eigenvalue weighted by Crippen LogP contribution is -1.83. The number of allylic oxidation sites excluding steroid dienone is 4. The molecule has 0 fully saturated rings. The fourth-order valence-electron chi connectivity index (χ4n) is 1.33. The maximum absolute atomic E-state index is 11.0. The standard InChI is InChI=1S/C11H16O/c12-11-9-7-5-3-1-2-4-6-8-10-11/h7-10H,1-6H2. The second-order valence-corrected chi connectivity index (χ2v) is 3.20. The van der Waals surface area contributed by atoms with Crippen molar-refractivity contribution in [2.75, 3.05) is 0 Å². The summed E-state index contributed by atoms with van der Waals surface area (Å²) in [7, 11) is 0. The Hall–Kier alpha value is -0.850. The fourth-order valence-corrected chi connectivity index (χ4v) is 1.33. The summed E-state index contributed by atoms with van der Waals surface area (Å²) >= 11 is 0. The number of hydrogen-bond acceptors (Lipinski definition) is 1. The van der Waals surface area contributed by atoms with Gasteiger partial charge in [-0.1, -0.05) is 25.0 Å². The molecule has 1 rings (SSSR count). The van der Waals surface area contributed by atoms with Gasteiger partial charge in [0.25, 0.3) is 0 Å². The van der Waals surface area contributed by atoms with Gasteiger partial charge in [-0.25, -0.2) is 0 Å². The van der Waals surface area contributed by atoms with Crippen LogP contribution in [0.2, 0.25) is 0 Å². The quantitative estimate of drug-likeness (QED) is 0.538. The number of rotatable bonds is 0. The molecule has 1 aliphatic carbocycles. The van der Waals surface area contributed by atoms with Crippen molar-refractivity contribution in [3.8, 4) is 0 Å². The van der Waals surface area contributed by atoms with Crippen LogP contribution in [0.15, 0.2) is 24.3 Å². The zero-order valence-electron chi connectivity index (χ0n) is 7.46. The lowest BCUT2D eigenvalue weighted by molar-refractivity contribution is -0.110. The van der Waals surface area contributed by atoms with Crippen molar-refractivity contribution in [3.63, 3.8) is 0 Å². The first-order valence-electron chi connectivity index (χ1n) is 4.76. The molecular formula is C11H16O. The van der Waals surface area contributed by atoms with Crippen molar-refractivity contribution in [1.29, 1.82) is 0 Å². The molecule has 66 valence electrons. The largest absolute Gasteiger partial charge is 0.290 e. The van der Waals surface area contributed by atoms with E-state index in [1.54, 1.807) is 12.2 Å². The fraction of sp³-hybridized carbons (Fsp3) is 0.545. The summed E-state index contributed by atoms with van der Waals surface area (Å²) in [5.41, 5.74) is 0. The highest BCUT2D eigenvalue weighted by Gasteiger charge is 1.92. The lowest BCUT2D eigenvalue weighted by Gasteiger charge is -1.94. The van der Waals surface area contributed by atoms with E-state index >= 15 is 0 Å². The number of carbonyl (C=O) groups excluding carboxylic acids is 1. The van der Waals surface area contributed by atoms with Crippen LogP contribution >= 0.6 is 0 Å². The van der Waals surface area contributed by atoms with Crippen LogP contribution in [0.3, 0.4) is 0 Å². The zero-order valence-corrected chi connectivity index (χ0v) is 7.46. The maximum Gasteiger partial charge on any atom is 0.177 e. The van der Waals surface area contributed by atoms with Crippen LogP contribution in [0, 0.1) is 0 Å². The van der Waals surface area contributed by atoms with Crippen molar-refractivity contribution < 1.29 is 4.79 Å². The first kappa shape index (κ1) is 9.24. The molecule has 0 saturated carbocycles. The van der Waals surface area contributed by atoms with Crippen LogP contribution in [-0.4, -0.2) is 5.78 Å². The molecule has 0 radical (unpaired) electrons. The van der Waals surface area contributed by atoms with Gasteiger partial charge in [-0.15, -0.1) is 0 Å². The van der Waals surface area contributed by atoms with E-state index in [9.17, 15) is 4.79 Å². The summed E-state index contributed by atoms with van der Waals surface area (Å²) in [4.78, 5) is 11.0. The van der Waals surface area contributed by atoms with E-state index in [2.05, 4.69) is 0 Å². The van der Waals surface area contributed by atoms with Gasteiger partial charge in [-0.3, -0.25) is 4.79 Å². The first-order chi connectivity index (χ1) is 5.89. The van der Waals surface area contributed by atoms with Crippen molar-refractivity contribution >= 4 is 5.78 Å². The van der Waals surface area contributed by atoms with E-state index in [4.69, 9.17) is 0 Å². The van der Waals surface area contributed by atoms with Gasteiger partial charge in [0.1, 0.15) is 0 Å². The average Bonchev–Trinajstić information content (AvgIpc) is 2.11. The molecule has 0 unspecified atom stereocenters. The van der Waals surface area contributed by atoms with E-state index < -0.39 is 0 Å². The molecule has 0 aromatic heterocycles. The van der Waals surface area contributed by atoms with Gasteiger partial charge < -0.3 is 0 Å². The maximum atomic E-state index is 11.0. The van der Waals surface area contributed by atoms with Crippen LogP contribution in [0.4, 0.5) is 0 Å². The topological polar surface area (TPSA) is 17.1 Å². The van der Waals surface area contributed by atoms with Crippen LogP contribution in [0.1, 0.15) is 38.5 Å². The van der Waals surface area contributed by atoms with Crippen molar-refractivity contribution in [2.24, 2.45) is 0 Å². The van der Waals surface area contributed by atoms with Crippen molar-refractivity contribution in [2.45, 2.75) is 38.5 Å². The Kier molecular flexibility index (Phi) is 4.43. The Bertz CT molecular complexity index is 169. The molecule has 0 atom stereocenters. The third-order valence-corrected chi connectivity index (χ3v) is 2.06. The molecule has 1 aliphatic rings. The molecule has 0 aliphatic heterocycles. The van der Waals surface area contributed by atoms with E-state index in [0.29, 0.717) is 0 Å². The predicted octanol–water partition coefficient (Wildman–Crippen LogP) is 3.02. The van der Waals surface area contributed by atoms with Gasteiger partial charge in [0.2, 0.25) is 0 Å². The minimum Gasteiger partial charge on any atom is -0.290 e. The summed E-state index contributed by atoms with van der Waals surface area (Å²) in [5, 5.41) is 0. The van der Waals surface area contributed by atoms with E-state index in [-0.39, 0.29) is 5.78 Å². The molecule has 0 saturated heterocycles. The minimum absolute atomic E-state index is 0.136. The summed E-state index contributed by atoms with van der Waals surface area (Å²) in [5.74, 6) is 0.136. The monoisotopic (exact) mass is 164 g/mol. The second-order valence-electron chi connectivity index (χ2n) is 3.20. The Balaban J connectivity index is 2.41.